The molecule has 1 aromatic carbocycles. The molecule has 6 nitrogen and oxygen atoms in total. The van der Waals surface area contributed by atoms with Crippen LogP contribution in [0.15, 0.2) is 24.3 Å². The molecule has 2 saturated heterocycles. The van der Waals surface area contributed by atoms with Crippen LogP contribution >= 0.6 is 0 Å². The molecule has 0 aromatic heterocycles. The van der Waals surface area contributed by atoms with Gasteiger partial charge in [-0.15, -0.1) is 0 Å². The Morgan fingerprint density at radius 2 is 1.62 bits per heavy atom. The van der Waals surface area contributed by atoms with E-state index >= 15 is 0 Å². The largest absolute Gasteiger partial charge is 0.345 e. The Hall–Kier alpha value is -1.92. The standard InChI is InChI=1S/C20H30N4O2/c1-21(2)20(26)18-7-5-6-17(14-18)15-22-10-12-23(13-11-22)16-19(25)24-8-3-4-9-24/h5-7,14H,3-4,8-13,15-16H2,1-2H3. The van der Waals surface area contributed by atoms with Crippen LogP contribution < -0.4 is 0 Å². The van der Waals surface area contributed by atoms with Crippen molar-refractivity contribution in [1.82, 2.24) is 19.6 Å². The molecule has 0 saturated carbocycles. The average molecular weight is 358 g/mol. The third kappa shape index (κ3) is 4.83. The minimum Gasteiger partial charge on any atom is -0.345 e. The molecule has 26 heavy (non-hydrogen) atoms. The Kier molecular flexibility index (Phi) is 6.27. The van der Waals surface area contributed by atoms with Gasteiger partial charge in [-0.3, -0.25) is 19.4 Å². The van der Waals surface area contributed by atoms with Crippen LogP contribution in [0.2, 0.25) is 0 Å². The highest BCUT2D eigenvalue weighted by Crippen LogP contribution is 2.13. The molecular formula is C20H30N4O2. The van der Waals surface area contributed by atoms with Gasteiger partial charge in [-0.05, 0) is 30.5 Å². The third-order valence-corrected chi connectivity index (χ3v) is 5.27. The molecule has 2 fully saturated rings. The topological polar surface area (TPSA) is 47.1 Å². The summed E-state index contributed by atoms with van der Waals surface area (Å²) >= 11 is 0. The molecule has 0 bridgehead atoms. The fraction of sp³-hybridized carbons (Fsp3) is 0.600. The first-order valence-corrected chi connectivity index (χ1v) is 9.56. The van der Waals surface area contributed by atoms with E-state index in [0.717, 1.165) is 64.2 Å². The molecule has 0 unspecified atom stereocenters. The lowest BCUT2D eigenvalue weighted by atomic mass is 10.1. The van der Waals surface area contributed by atoms with Crippen molar-refractivity contribution in [2.75, 3.05) is 59.9 Å². The lowest BCUT2D eigenvalue weighted by molar-refractivity contribution is -0.131. The first-order valence-electron chi connectivity index (χ1n) is 9.56. The molecule has 2 heterocycles. The smallest absolute Gasteiger partial charge is 0.253 e. The van der Waals surface area contributed by atoms with Gasteiger partial charge in [0.15, 0.2) is 0 Å². The summed E-state index contributed by atoms with van der Waals surface area (Å²) in [5.74, 6) is 0.322. The van der Waals surface area contributed by atoms with Gasteiger partial charge >= 0.3 is 0 Å². The molecule has 1 aromatic rings. The van der Waals surface area contributed by atoms with Crippen LogP contribution in [0.1, 0.15) is 28.8 Å². The summed E-state index contributed by atoms with van der Waals surface area (Å²) in [6, 6.07) is 7.89. The van der Waals surface area contributed by atoms with Crippen molar-refractivity contribution < 1.29 is 9.59 Å². The van der Waals surface area contributed by atoms with Gasteiger partial charge < -0.3 is 9.80 Å². The Morgan fingerprint density at radius 1 is 0.962 bits per heavy atom. The van der Waals surface area contributed by atoms with E-state index in [1.54, 1.807) is 19.0 Å². The molecule has 0 radical (unpaired) electrons. The monoisotopic (exact) mass is 358 g/mol. The quantitative estimate of drug-likeness (QED) is 0.792. The van der Waals surface area contributed by atoms with Gasteiger partial charge in [-0.25, -0.2) is 0 Å². The minimum absolute atomic E-state index is 0.0390. The predicted octanol–water partition coefficient (Wildman–Crippen LogP) is 1.13. The first-order chi connectivity index (χ1) is 12.5. The number of rotatable bonds is 5. The number of hydrogen-bond donors (Lipinski definition) is 0. The second-order valence-electron chi connectivity index (χ2n) is 7.54. The fourth-order valence-electron chi connectivity index (χ4n) is 3.68. The second-order valence-corrected chi connectivity index (χ2v) is 7.54. The van der Waals surface area contributed by atoms with Crippen LogP contribution in [0.25, 0.3) is 0 Å². The zero-order valence-corrected chi connectivity index (χ0v) is 16.0. The van der Waals surface area contributed by atoms with E-state index in [9.17, 15) is 9.59 Å². The highest BCUT2D eigenvalue weighted by Gasteiger charge is 2.23. The van der Waals surface area contributed by atoms with Gasteiger partial charge in [0.2, 0.25) is 5.91 Å². The van der Waals surface area contributed by atoms with Crippen LogP contribution in [-0.4, -0.2) is 91.3 Å². The maximum Gasteiger partial charge on any atom is 0.253 e. The van der Waals surface area contributed by atoms with E-state index in [1.165, 1.54) is 5.56 Å². The lowest BCUT2D eigenvalue weighted by Gasteiger charge is -2.35. The molecule has 6 heteroatoms. The van der Waals surface area contributed by atoms with Gasteiger partial charge in [0, 0.05) is 65.5 Å². The molecule has 0 N–H and O–H groups in total. The third-order valence-electron chi connectivity index (χ3n) is 5.27. The Bertz CT molecular complexity index is 632. The molecule has 142 valence electrons. The van der Waals surface area contributed by atoms with Gasteiger partial charge in [-0.1, -0.05) is 12.1 Å². The number of carbonyl (C=O) groups is 2. The zero-order chi connectivity index (χ0) is 18.5. The number of amides is 2. The number of likely N-dealkylation sites (tertiary alicyclic amines) is 1. The summed E-state index contributed by atoms with van der Waals surface area (Å²) in [6.45, 7) is 7.04. The molecule has 2 aliphatic rings. The van der Waals surface area contributed by atoms with Crippen LogP contribution in [0.5, 0.6) is 0 Å². The second kappa shape index (κ2) is 8.64. The summed E-state index contributed by atoms with van der Waals surface area (Å²) in [6.07, 6.45) is 2.30. The Balaban J connectivity index is 1.47. The average Bonchev–Trinajstić information content (AvgIpc) is 3.18. The SMILES string of the molecule is CN(C)C(=O)c1cccc(CN2CCN(CC(=O)N3CCCC3)CC2)c1. The van der Waals surface area contributed by atoms with Crippen molar-refractivity contribution in [1.29, 1.82) is 0 Å². The summed E-state index contributed by atoms with van der Waals surface area (Å²) < 4.78 is 0. The summed E-state index contributed by atoms with van der Waals surface area (Å²) in [7, 11) is 3.55. The Labute approximate surface area is 156 Å². The predicted molar refractivity (Wildman–Crippen MR) is 102 cm³/mol. The number of piperazine rings is 1. The Morgan fingerprint density at radius 3 is 2.27 bits per heavy atom. The van der Waals surface area contributed by atoms with Crippen LogP contribution in [0, 0.1) is 0 Å². The first kappa shape index (κ1) is 18.9. The van der Waals surface area contributed by atoms with Gasteiger partial charge in [-0.2, -0.15) is 0 Å². The van der Waals surface area contributed by atoms with Crippen LogP contribution in [-0.2, 0) is 11.3 Å². The number of benzene rings is 1. The van der Waals surface area contributed by atoms with Gasteiger partial charge in [0.25, 0.3) is 5.91 Å². The van der Waals surface area contributed by atoms with Crippen LogP contribution in [0.3, 0.4) is 0 Å². The summed E-state index contributed by atoms with van der Waals surface area (Å²) in [5.41, 5.74) is 1.90. The van der Waals surface area contributed by atoms with Crippen LogP contribution in [0.4, 0.5) is 0 Å². The highest BCUT2D eigenvalue weighted by molar-refractivity contribution is 5.94. The minimum atomic E-state index is 0.0390. The molecule has 0 spiro atoms. The van der Waals surface area contributed by atoms with Crippen molar-refractivity contribution in [2.45, 2.75) is 19.4 Å². The number of nitrogens with zero attached hydrogens (tertiary/aromatic N) is 4. The van der Waals surface area contributed by atoms with Crippen molar-refractivity contribution in [3.8, 4) is 0 Å². The van der Waals surface area contributed by atoms with Crippen molar-refractivity contribution >= 4 is 11.8 Å². The van der Waals surface area contributed by atoms with E-state index in [2.05, 4.69) is 15.9 Å². The molecule has 0 aliphatic carbocycles. The number of carbonyl (C=O) groups excluding carboxylic acids is 2. The normalized spacial score (nSPS) is 18.9. The lowest BCUT2D eigenvalue weighted by Crippen LogP contribution is -2.49. The maximum absolute atomic E-state index is 12.3. The van der Waals surface area contributed by atoms with E-state index < -0.39 is 0 Å². The van der Waals surface area contributed by atoms with E-state index in [1.807, 2.05) is 23.1 Å². The highest BCUT2D eigenvalue weighted by atomic mass is 16.2. The van der Waals surface area contributed by atoms with Gasteiger partial charge in [0.05, 0.1) is 6.54 Å². The molecule has 2 amide bonds. The fourth-order valence-corrected chi connectivity index (χ4v) is 3.68. The van der Waals surface area contributed by atoms with Crippen molar-refractivity contribution in [2.24, 2.45) is 0 Å². The van der Waals surface area contributed by atoms with E-state index in [0.29, 0.717) is 6.54 Å². The molecule has 2 aliphatic heterocycles. The van der Waals surface area contributed by atoms with E-state index in [4.69, 9.17) is 0 Å². The van der Waals surface area contributed by atoms with Crippen molar-refractivity contribution in [3.05, 3.63) is 35.4 Å². The zero-order valence-electron chi connectivity index (χ0n) is 16.0. The summed E-state index contributed by atoms with van der Waals surface area (Å²) in [4.78, 5) is 32.7. The summed E-state index contributed by atoms with van der Waals surface area (Å²) in [5, 5.41) is 0. The molecule has 3 rings (SSSR count). The van der Waals surface area contributed by atoms with E-state index in [-0.39, 0.29) is 11.8 Å². The molecular weight excluding hydrogens is 328 g/mol. The van der Waals surface area contributed by atoms with Gasteiger partial charge in [0.1, 0.15) is 0 Å². The van der Waals surface area contributed by atoms with Crippen molar-refractivity contribution in [3.63, 3.8) is 0 Å². The maximum atomic E-state index is 12.3. The molecule has 0 atom stereocenters. The number of hydrogen-bond acceptors (Lipinski definition) is 4.